The lowest BCUT2D eigenvalue weighted by atomic mass is 9.95. The minimum atomic E-state index is 0.235. The summed E-state index contributed by atoms with van der Waals surface area (Å²) in [5.41, 5.74) is 0. The van der Waals surface area contributed by atoms with Crippen LogP contribution in [0.1, 0.15) is 58.3 Å². The Kier molecular flexibility index (Phi) is 7.51. The summed E-state index contributed by atoms with van der Waals surface area (Å²) in [6.07, 6.45) is 9.93. The standard InChI is InChI=1S/C17H33N3O/c1-2-11-20(13-15-7-6-10-18-12-15)14-17(21)19-16-8-4-3-5-9-16/h15-16,18H,2-14H2,1H3,(H,19,21). The molecule has 1 saturated carbocycles. The Morgan fingerprint density at radius 2 is 2.00 bits per heavy atom. The topological polar surface area (TPSA) is 44.4 Å². The molecule has 2 N–H and O–H groups in total. The second-order valence-electron chi connectivity index (χ2n) is 6.85. The maximum absolute atomic E-state index is 12.3. The van der Waals surface area contributed by atoms with Gasteiger partial charge in [-0.25, -0.2) is 0 Å². The zero-order valence-electron chi connectivity index (χ0n) is 13.7. The van der Waals surface area contributed by atoms with Gasteiger partial charge in [-0.2, -0.15) is 0 Å². The van der Waals surface area contributed by atoms with E-state index in [1.807, 2.05) is 0 Å². The first kappa shape index (κ1) is 16.8. The summed E-state index contributed by atoms with van der Waals surface area (Å²) >= 11 is 0. The molecule has 0 aromatic carbocycles. The van der Waals surface area contributed by atoms with Crippen molar-refractivity contribution < 1.29 is 4.79 Å². The van der Waals surface area contributed by atoms with Crippen molar-refractivity contribution >= 4 is 5.91 Å². The van der Waals surface area contributed by atoms with Crippen molar-refractivity contribution in [2.75, 3.05) is 32.7 Å². The molecule has 1 atom stereocenters. The first-order chi connectivity index (χ1) is 10.3. The smallest absolute Gasteiger partial charge is 0.234 e. The van der Waals surface area contributed by atoms with Gasteiger partial charge in [-0.3, -0.25) is 9.69 Å². The molecule has 122 valence electrons. The number of nitrogens with one attached hydrogen (secondary N) is 2. The molecule has 1 saturated heterocycles. The van der Waals surface area contributed by atoms with Crippen LogP contribution in [0.5, 0.6) is 0 Å². The number of rotatable bonds is 7. The predicted molar refractivity (Wildman–Crippen MR) is 87.3 cm³/mol. The van der Waals surface area contributed by atoms with Gasteiger partial charge < -0.3 is 10.6 Å². The van der Waals surface area contributed by atoms with E-state index in [-0.39, 0.29) is 5.91 Å². The highest BCUT2D eigenvalue weighted by Crippen LogP contribution is 2.17. The molecule has 2 rings (SSSR count). The third kappa shape index (κ3) is 6.35. The Morgan fingerprint density at radius 3 is 2.67 bits per heavy atom. The van der Waals surface area contributed by atoms with E-state index in [9.17, 15) is 4.79 Å². The second-order valence-corrected chi connectivity index (χ2v) is 6.85. The van der Waals surface area contributed by atoms with Gasteiger partial charge in [0.2, 0.25) is 5.91 Å². The van der Waals surface area contributed by atoms with E-state index >= 15 is 0 Å². The quantitative estimate of drug-likeness (QED) is 0.756. The van der Waals surface area contributed by atoms with E-state index < -0.39 is 0 Å². The lowest BCUT2D eigenvalue weighted by molar-refractivity contribution is -0.123. The normalized spacial score (nSPS) is 24.2. The molecule has 1 unspecified atom stereocenters. The van der Waals surface area contributed by atoms with Crippen LogP contribution in [0.4, 0.5) is 0 Å². The third-order valence-electron chi connectivity index (χ3n) is 4.79. The van der Waals surface area contributed by atoms with E-state index in [1.165, 1.54) is 44.9 Å². The van der Waals surface area contributed by atoms with Crippen molar-refractivity contribution in [3.8, 4) is 0 Å². The van der Waals surface area contributed by atoms with Crippen LogP contribution >= 0.6 is 0 Å². The Labute approximate surface area is 130 Å². The lowest BCUT2D eigenvalue weighted by Crippen LogP contribution is -2.45. The molecule has 0 spiro atoms. The van der Waals surface area contributed by atoms with E-state index in [0.29, 0.717) is 18.5 Å². The molecular weight excluding hydrogens is 262 g/mol. The van der Waals surface area contributed by atoms with Gasteiger partial charge >= 0.3 is 0 Å². The van der Waals surface area contributed by atoms with Crippen LogP contribution in [0.15, 0.2) is 0 Å². The van der Waals surface area contributed by atoms with Gasteiger partial charge in [0.15, 0.2) is 0 Å². The van der Waals surface area contributed by atoms with Crippen LogP contribution in [0, 0.1) is 5.92 Å². The van der Waals surface area contributed by atoms with Gasteiger partial charge in [0, 0.05) is 12.6 Å². The van der Waals surface area contributed by atoms with Gasteiger partial charge in [0.25, 0.3) is 0 Å². The van der Waals surface area contributed by atoms with Gasteiger partial charge in [-0.1, -0.05) is 26.2 Å². The Balaban J connectivity index is 1.73. The summed E-state index contributed by atoms with van der Waals surface area (Å²) in [5.74, 6) is 0.951. The van der Waals surface area contributed by atoms with Crippen LogP contribution in [-0.4, -0.2) is 49.6 Å². The number of hydrogen-bond donors (Lipinski definition) is 2. The maximum Gasteiger partial charge on any atom is 0.234 e. The Bertz CT molecular complexity index is 296. The van der Waals surface area contributed by atoms with Gasteiger partial charge in [0.1, 0.15) is 0 Å². The predicted octanol–water partition coefficient (Wildman–Crippen LogP) is 2.15. The van der Waals surface area contributed by atoms with Crippen LogP contribution in [0.3, 0.4) is 0 Å². The van der Waals surface area contributed by atoms with Crippen LogP contribution in [0.25, 0.3) is 0 Å². The van der Waals surface area contributed by atoms with Gasteiger partial charge in [-0.15, -0.1) is 0 Å². The SMILES string of the molecule is CCCN(CC(=O)NC1CCCCC1)CC1CCCNC1. The molecule has 2 aliphatic rings. The number of carbonyl (C=O) groups excluding carboxylic acids is 1. The zero-order chi connectivity index (χ0) is 14.9. The molecule has 0 radical (unpaired) electrons. The van der Waals surface area contributed by atoms with E-state index in [1.54, 1.807) is 0 Å². The molecule has 1 aliphatic heterocycles. The summed E-state index contributed by atoms with van der Waals surface area (Å²) in [7, 11) is 0. The summed E-state index contributed by atoms with van der Waals surface area (Å²) in [4.78, 5) is 14.6. The molecule has 21 heavy (non-hydrogen) atoms. The van der Waals surface area contributed by atoms with Crippen molar-refractivity contribution in [3.63, 3.8) is 0 Å². The van der Waals surface area contributed by atoms with E-state index in [0.717, 1.165) is 32.6 Å². The van der Waals surface area contributed by atoms with Crippen LogP contribution < -0.4 is 10.6 Å². The average Bonchev–Trinajstić information content (AvgIpc) is 2.49. The van der Waals surface area contributed by atoms with Crippen LogP contribution in [0.2, 0.25) is 0 Å². The summed E-state index contributed by atoms with van der Waals surface area (Å²) in [6, 6.07) is 0.436. The lowest BCUT2D eigenvalue weighted by Gasteiger charge is -2.30. The number of piperidine rings is 1. The number of hydrogen-bond acceptors (Lipinski definition) is 3. The number of amides is 1. The molecule has 4 heteroatoms. The highest BCUT2D eigenvalue weighted by molar-refractivity contribution is 5.78. The second kappa shape index (κ2) is 9.42. The number of carbonyl (C=O) groups is 1. The maximum atomic E-state index is 12.3. The average molecular weight is 295 g/mol. The fourth-order valence-corrected chi connectivity index (χ4v) is 3.72. The summed E-state index contributed by atoms with van der Waals surface area (Å²) in [5, 5.41) is 6.72. The molecule has 2 fully saturated rings. The van der Waals surface area contributed by atoms with Crippen molar-refractivity contribution in [2.24, 2.45) is 5.92 Å². The minimum Gasteiger partial charge on any atom is -0.352 e. The zero-order valence-corrected chi connectivity index (χ0v) is 13.7. The minimum absolute atomic E-state index is 0.235. The first-order valence-corrected chi connectivity index (χ1v) is 9.00. The largest absolute Gasteiger partial charge is 0.352 e. The monoisotopic (exact) mass is 295 g/mol. The molecule has 0 aromatic heterocycles. The third-order valence-corrected chi connectivity index (χ3v) is 4.79. The highest BCUT2D eigenvalue weighted by Gasteiger charge is 2.20. The molecule has 1 heterocycles. The Morgan fingerprint density at radius 1 is 1.19 bits per heavy atom. The first-order valence-electron chi connectivity index (χ1n) is 9.00. The highest BCUT2D eigenvalue weighted by atomic mass is 16.2. The molecule has 0 aromatic rings. The molecule has 1 aliphatic carbocycles. The van der Waals surface area contributed by atoms with Crippen molar-refractivity contribution in [1.82, 2.24) is 15.5 Å². The van der Waals surface area contributed by atoms with Crippen LogP contribution in [-0.2, 0) is 4.79 Å². The van der Waals surface area contributed by atoms with Crippen molar-refractivity contribution in [2.45, 2.75) is 64.3 Å². The van der Waals surface area contributed by atoms with Crippen molar-refractivity contribution in [1.29, 1.82) is 0 Å². The molecule has 1 amide bonds. The van der Waals surface area contributed by atoms with Gasteiger partial charge in [-0.05, 0) is 57.7 Å². The van der Waals surface area contributed by atoms with E-state index in [4.69, 9.17) is 0 Å². The van der Waals surface area contributed by atoms with E-state index in [2.05, 4.69) is 22.5 Å². The molecule has 0 bridgehead atoms. The summed E-state index contributed by atoms with van der Waals surface area (Å²) < 4.78 is 0. The van der Waals surface area contributed by atoms with Gasteiger partial charge in [0.05, 0.1) is 6.54 Å². The molecular formula is C17H33N3O. The fourth-order valence-electron chi connectivity index (χ4n) is 3.72. The summed E-state index contributed by atoms with van der Waals surface area (Å²) in [6.45, 7) is 7.16. The fraction of sp³-hybridized carbons (Fsp3) is 0.941. The molecule has 4 nitrogen and oxygen atoms in total. The Hall–Kier alpha value is -0.610. The number of nitrogens with zero attached hydrogens (tertiary/aromatic N) is 1. The van der Waals surface area contributed by atoms with Crippen molar-refractivity contribution in [3.05, 3.63) is 0 Å².